The Bertz CT molecular complexity index is 951. The molecule has 2 aromatic carbocycles. The van der Waals surface area contributed by atoms with Gasteiger partial charge in [0.2, 0.25) is 6.29 Å². The second kappa shape index (κ2) is 7.51. The van der Waals surface area contributed by atoms with Crippen molar-refractivity contribution in [3.05, 3.63) is 89.3 Å². The van der Waals surface area contributed by atoms with Crippen LogP contribution in [0.5, 0.6) is 5.75 Å². The standard InChI is InChI=1S/C20H15FN2O4/c21-16-8-14(11-25-19(24)17-10-22-6-7-23-17)18-15(9-16)12-26-20(27-18)13-4-2-1-3-5-13/h1-10,20H,11-12H2/t20-/m0/s1. The molecular formula is C20H15FN2O4. The Morgan fingerprint density at radius 1 is 1.22 bits per heavy atom. The Morgan fingerprint density at radius 3 is 2.85 bits per heavy atom. The summed E-state index contributed by atoms with van der Waals surface area (Å²) in [5, 5.41) is 0. The number of carbonyl (C=O) groups is 1. The second-order valence-corrected chi connectivity index (χ2v) is 5.89. The molecule has 3 aromatic rings. The van der Waals surface area contributed by atoms with E-state index in [1.807, 2.05) is 30.3 Å². The third-order valence-electron chi connectivity index (χ3n) is 4.03. The number of rotatable bonds is 4. The van der Waals surface area contributed by atoms with Crippen LogP contribution in [0.4, 0.5) is 4.39 Å². The Hall–Kier alpha value is -3.32. The topological polar surface area (TPSA) is 70.5 Å². The predicted octanol–water partition coefficient (Wildman–Crippen LogP) is 3.58. The van der Waals surface area contributed by atoms with E-state index in [1.54, 1.807) is 0 Å². The molecule has 0 radical (unpaired) electrons. The van der Waals surface area contributed by atoms with E-state index in [0.29, 0.717) is 16.9 Å². The van der Waals surface area contributed by atoms with Crippen LogP contribution in [0.15, 0.2) is 61.1 Å². The predicted molar refractivity (Wildman–Crippen MR) is 92.2 cm³/mol. The molecule has 1 aliphatic rings. The Balaban J connectivity index is 1.55. The van der Waals surface area contributed by atoms with E-state index in [-0.39, 0.29) is 18.9 Å². The summed E-state index contributed by atoms with van der Waals surface area (Å²) in [4.78, 5) is 19.8. The molecule has 0 N–H and O–H groups in total. The minimum absolute atomic E-state index is 0.0779. The third kappa shape index (κ3) is 3.78. The van der Waals surface area contributed by atoms with Crippen molar-refractivity contribution >= 4 is 5.97 Å². The fourth-order valence-electron chi connectivity index (χ4n) is 2.78. The van der Waals surface area contributed by atoms with Gasteiger partial charge in [-0.1, -0.05) is 30.3 Å². The summed E-state index contributed by atoms with van der Waals surface area (Å²) >= 11 is 0. The van der Waals surface area contributed by atoms with Crippen LogP contribution in [0.1, 0.15) is 33.5 Å². The van der Waals surface area contributed by atoms with Gasteiger partial charge in [-0.3, -0.25) is 4.98 Å². The fourth-order valence-corrected chi connectivity index (χ4v) is 2.78. The first-order valence-corrected chi connectivity index (χ1v) is 8.28. The maximum atomic E-state index is 13.9. The number of aromatic nitrogens is 2. The smallest absolute Gasteiger partial charge is 0.358 e. The van der Waals surface area contributed by atoms with Crippen LogP contribution in [0.3, 0.4) is 0 Å². The summed E-state index contributed by atoms with van der Waals surface area (Å²) in [6, 6.07) is 12.1. The average Bonchev–Trinajstić information content (AvgIpc) is 2.72. The highest BCUT2D eigenvalue weighted by Crippen LogP contribution is 2.36. The van der Waals surface area contributed by atoms with Crippen molar-refractivity contribution in [3.63, 3.8) is 0 Å². The molecule has 0 aliphatic carbocycles. The van der Waals surface area contributed by atoms with Crippen molar-refractivity contribution in [2.24, 2.45) is 0 Å². The largest absolute Gasteiger partial charge is 0.460 e. The molecule has 0 saturated heterocycles. The quantitative estimate of drug-likeness (QED) is 0.658. The number of fused-ring (bicyclic) bond motifs is 1. The van der Waals surface area contributed by atoms with Crippen LogP contribution in [0.2, 0.25) is 0 Å². The van der Waals surface area contributed by atoms with Crippen molar-refractivity contribution in [1.29, 1.82) is 0 Å². The van der Waals surface area contributed by atoms with E-state index in [1.165, 1.54) is 30.7 Å². The van der Waals surface area contributed by atoms with Gasteiger partial charge >= 0.3 is 5.97 Å². The number of nitrogens with zero attached hydrogens (tertiary/aromatic N) is 2. The number of benzene rings is 2. The molecule has 0 unspecified atom stereocenters. The maximum absolute atomic E-state index is 13.9. The highest BCUT2D eigenvalue weighted by Gasteiger charge is 2.25. The molecule has 4 rings (SSSR count). The highest BCUT2D eigenvalue weighted by molar-refractivity contribution is 5.86. The Labute approximate surface area is 154 Å². The lowest BCUT2D eigenvalue weighted by molar-refractivity contribution is -0.112. The van der Waals surface area contributed by atoms with Crippen molar-refractivity contribution in [1.82, 2.24) is 9.97 Å². The van der Waals surface area contributed by atoms with Gasteiger partial charge in [-0.2, -0.15) is 0 Å². The number of hydrogen-bond acceptors (Lipinski definition) is 6. The molecule has 1 atom stereocenters. The first kappa shape index (κ1) is 17.1. The summed E-state index contributed by atoms with van der Waals surface area (Å²) in [6.45, 7) is 0.0365. The van der Waals surface area contributed by atoms with E-state index in [9.17, 15) is 9.18 Å². The van der Waals surface area contributed by atoms with Gasteiger partial charge < -0.3 is 14.2 Å². The molecule has 6 nitrogen and oxygen atoms in total. The lowest BCUT2D eigenvalue weighted by atomic mass is 10.1. The molecule has 1 aromatic heterocycles. The number of hydrogen-bond donors (Lipinski definition) is 0. The Morgan fingerprint density at radius 2 is 2.07 bits per heavy atom. The van der Waals surface area contributed by atoms with Crippen molar-refractivity contribution < 1.29 is 23.4 Å². The molecule has 0 bridgehead atoms. The molecule has 1 aliphatic heterocycles. The third-order valence-corrected chi connectivity index (χ3v) is 4.03. The normalized spacial score (nSPS) is 15.5. The van der Waals surface area contributed by atoms with Gasteiger partial charge in [-0.05, 0) is 12.1 Å². The van der Waals surface area contributed by atoms with Gasteiger partial charge in [0.1, 0.15) is 18.2 Å². The van der Waals surface area contributed by atoms with E-state index in [4.69, 9.17) is 14.2 Å². The summed E-state index contributed by atoms with van der Waals surface area (Å²) < 4.78 is 30.8. The monoisotopic (exact) mass is 366 g/mol. The molecule has 7 heteroatoms. The molecule has 2 heterocycles. The zero-order valence-corrected chi connectivity index (χ0v) is 14.2. The highest BCUT2D eigenvalue weighted by atomic mass is 19.1. The molecule has 0 saturated carbocycles. The zero-order valence-electron chi connectivity index (χ0n) is 14.2. The van der Waals surface area contributed by atoms with Crippen LogP contribution < -0.4 is 4.74 Å². The molecule has 0 amide bonds. The lowest BCUT2D eigenvalue weighted by Gasteiger charge is -2.28. The zero-order chi connectivity index (χ0) is 18.6. The van der Waals surface area contributed by atoms with Crippen LogP contribution in [0, 0.1) is 5.82 Å². The van der Waals surface area contributed by atoms with Crippen molar-refractivity contribution in [3.8, 4) is 5.75 Å². The minimum atomic E-state index is -0.646. The average molecular weight is 366 g/mol. The molecular weight excluding hydrogens is 351 g/mol. The number of halogens is 1. The van der Waals surface area contributed by atoms with Crippen LogP contribution in [-0.2, 0) is 22.7 Å². The van der Waals surface area contributed by atoms with Gasteiger partial charge in [0.15, 0.2) is 5.69 Å². The van der Waals surface area contributed by atoms with Gasteiger partial charge in [-0.15, -0.1) is 0 Å². The van der Waals surface area contributed by atoms with Crippen molar-refractivity contribution in [2.75, 3.05) is 0 Å². The van der Waals surface area contributed by atoms with Crippen LogP contribution >= 0.6 is 0 Å². The molecule has 0 fully saturated rings. The fraction of sp³-hybridized carbons (Fsp3) is 0.150. The summed E-state index contributed by atoms with van der Waals surface area (Å²) in [5.41, 5.74) is 1.91. The Kier molecular flexibility index (Phi) is 4.76. The number of ether oxygens (including phenoxy) is 3. The van der Waals surface area contributed by atoms with E-state index < -0.39 is 18.1 Å². The van der Waals surface area contributed by atoms with Gasteiger partial charge in [0.25, 0.3) is 0 Å². The molecule has 27 heavy (non-hydrogen) atoms. The van der Waals surface area contributed by atoms with Gasteiger partial charge in [0.05, 0.1) is 12.8 Å². The molecule has 136 valence electrons. The van der Waals surface area contributed by atoms with Crippen LogP contribution in [0.25, 0.3) is 0 Å². The first-order chi connectivity index (χ1) is 13.2. The van der Waals surface area contributed by atoms with E-state index >= 15 is 0 Å². The summed E-state index contributed by atoms with van der Waals surface area (Å²) in [7, 11) is 0. The van der Waals surface area contributed by atoms with Gasteiger partial charge in [-0.25, -0.2) is 14.2 Å². The summed E-state index contributed by atoms with van der Waals surface area (Å²) in [5.74, 6) is -0.638. The maximum Gasteiger partial charge on any atom is 0.358 e. The van der Waals surface area contributed by atoms with Gasteiger partial charge in [0, 0.05) is 29.1 Å². The molecule has 0 spiro atoms. The SMILES string of the molecule is O=C(OCc1cc(F)cc2c1O[C@@H](c1ccccc1)OC2)c1cnccn1. The van der Waals surface area contributed by atoms with Crippen LogP contribution in [-0.4, -0.2) is 15.9 Å². The number of esters is 1. The minimum Gasteiger partial charge on any atom is -0.460 e. The van der Waals surface area contributed by atoms with Crippen molar-refractivity contribution in [2.45, 2.75) is 19.5 Å². The first-order valence-electron chi connectivity index (χ1n) is 8.28. The lowest BCUT2D eigenvalue weighted by Crippen LogP contribution is -2.20. The number of carbonyl (C=O) groups excluding carboxylic acids is 1. The van der Waals surface area contributed by atoms with E-state index in [0.717, 1.165) is 5.56 Å². The summed E-state index contributed by atoms with van der Waals surface area (Å²) in [6.07, 6.45) is 3.54. The van der Waals surface area contributed by atoms with E-state index in [2.05, 4.69) is 9.97 Å². The second-order valence-electron chi connectivity index (χ2n) is 5.89.